The van der Waals surface area contributed by atoms with Crippen LogP contribution in [0.2, 0.25) is 10.0 Å². The molecule has 3 aromatic rings. The number of carbonyl (C=O) groups is 1. The number of hydrogen-bond acceptors (Lipinski definition) is 5. The van der Waals surface area contributed by atoms with Crippen LogP contribution in [0, 0.1) is 13.8 Å². The average Bonchev–Trinajstić information content (AvgIpc) is 2.86. The first-order chi connectivity index (χ1) is 11.9. The van der Waals surface area contributed by atoms with Gasteiger partial charge in [0.25, 0.3) is 5.56 Å². The van der Waals surface area contributed by atoms with Crippen LogP contribution in [0.1, 0.15) is 16.0 Å². The zero-order chi connectivity index (χ0) is 18.1. The minimum Gasteiger partial charge on any atom is -0.459 e. The third kappa shape index (κ3) is 3.71. The lowest BCUT2D eigenvalue weighted by Crippen LogP contribution is -2.25. The number of rotatable bonds is 4. The number of hydrogen-bond donors (Lipinski definition) is 0. The van der Waals surface area contributed by atoms with Gasteiger partial charge in [-0.15, -0.1) is 11.3 Å². The van der Waals surface area contributed by atoms with E-state index in [9.17, 15) is 9.59 Å². The Labute approximate surface area is 157 Å². The molecule has 0 fully saturated rings. The van der Waals surface area contributed by atoms with Crippen molar-refractivity contribution in [3.8, 4) is 0 Å². The fourth-order valence-electron chi connectivity index (χ4n) is 2.36. The van der Waals surface area contributed by atoms with E-state index in [4.69, 9.17) is 27.9 Å². The van der Waals surface area contributed by atoms with Gasteiger partial charge in [-0.05, 0) is 37.1 Å². The molecule has 0 saturated heterocycles. The standard InChI is InChI=1S/C17H14Cl2N2O3S/c1-9-10(2)25-16-15(9)17(23)21(8-20-16)6-14(22)24-7-11-3-4-12(18)13(19)5-11/h3-5,8H,6-7H2,1-2H3. The summed E-state index contributed by atoms with van der Waals surface area (Å²) in [6, 6.07) is 4.99. The lowest BCUT2D eigenvalue weighted by Gasteiger charge is -2.08. The van der Waals surface area contributed by atoms with Gasteiger partial charge in [0.15, 0.2) is 0 Å². The molecule has 0 unspecified atom stereocenters. The Bertz CT molecular complexity index is 1030. The fraction of sp³-hybridized carbons (Fsp3) is 0.235. The lowest BCUT2D eigenvalue weighted by atomic mass is 10.2. The number of benzene rings is 1. The van der Waals surface area contributed by atoms with Gasteiger partial charge in [0.1, 0.15) is 18.0 Å². The topological polar surface area (TPSA) is 61.2 Å². The molecule has 0 spiro atoms. The number of ether oxygens (including phenoxy) is 1. The molecular weight excluding hydrogens is 383 g/mol. The number of nitrogens with zero attached hydrogens (tertiary/aromatic N) is 2. The molecule has 0 bridgehead atoms. The number of aromatic nitrogens is 2. The smallest absolute Gasteiger partial charge is 0.326 e. The molecule has 130 valence electrons. The molecule has 25 heavy (non-hydrogen) atoms. The summed E-state index contributed by atoms with van der Waals surface area (Å²) in [5.74, 6) is -0.529. The van der Waals surface area contributed by atoms with Crippen LogP contribution in [0.15, 0.2) is 29.3 Å². The fourth-order valence-corrected chi connectivity index (χ4v) is 3.67. The van der Waals surface area contributed by atoms with Crippen LogP contribution in [-0.4, -0.2) is 15.5 Å². The van der Waals surface area contributed by atoms with Crippen molar-refractivity contribution >= 4 is 50.7 Å². The lowest BCUT2D eigenvalue weighted by molar-refractivity contribution is -0.145. The van der Waals surface area contributed by atoms with E-state index in [0.29, 0.717) is 25.8 Å². The Morgan fingerprint density at radius 1 is 1.28 bits per heavy atom. The summed E-state index contributed by atoms with van der Waals surface area (Å²) in [6.45, 7) is 3.68. The third-order valence-corrected chi connectivity index (χ3v) is 5.69. The number of halogens is 2. The van der Waals surface area contributed by atoms with Crippen molar-refractivity contribution in [1.82, 2.24) is 9.55 Å². The number of esters is 1. The second-order valence-corrected chi connectivity index (χ2v) is 7.57. The number of aryl methyl sites for hydroxylation is 2. The number of fused-ring (bicyclic) bond motifs is 1. The van der Waals surface area contributed by atoms with Crippen molar-refractivity contribution in [1.29, 1.82) is 0 Å². The van der Waals surface area contributed by atoms with E-state index < -0.39 is 5.97 Å². The Kier molecular flexibility index (Phi) is 5.13. The minimum atomic E-state index is -0.529. The van der Waals surface area contributed by atoms with Crippen molar-refractivity contribution in [2.75, 3.05) is 0 Å². The molecular formula is C17H14Cl2N2O3S. The van der Waals surface area contributed by atoms with Crippen LogP contribution in [0.25, 0.3) is 10.2 Å². The largest absolute Gasteiger partial charge is 0.459 e. The predicted octanol–water partition coefficient (Wildman–Crippen LogP) is 4.13. The molecule has 0 amide bonds. The monoisotopic (exact) mass is 396 g/mol. The molecule has 8 heteroatoms. The van der Waals surface area contributed by atoms with Gasteiger partial charge >= 0.3 is 5.97 Å². The highest BCUT2D eigenvalue weighted by atomic mass is 35.5. The molecule has 0 atom stereocenters. The minimum absolute atomic E-state index is 0.0523. The molecule has 0 saturated carbocycles. The van der Waals surface area contributed by atoms with E-state index in [-0.39, 0.29) is 18.7 Å². The molecule has 0 aliphatic rings. The van der Waals surface area contributed by atoms with Crippen LogP contribution in [0.5, 0.6) is 0 Å². The van der Waals surface area contributed by atoms with Crippen molar-refractivity contribution in [3.63, 3.8) is 0 Å². The molecule has 3 rings (SSSR count). The summed E-state index contributed by atoms with van der Waals surface area (Å²) in [5.41, 5.74) is 1.38. The SMILES string of the molecule is Cc1sc2ncn(CC(=O)OCc3ccc(Cl)c(Cl)c3)c(=O)c2c1C. The molecule has 0 N–H and O–H groups in total. The molecule has 0 aliphatic carbocycles. The first-order valence-electron chi connectivity index (χ1n) is 7.41. The quantitative estimate of drug-likeness (QED) is 0.622. The Hall–Kier alpha value is -1.89. The van der Waals surface area contributed by atoms with Crippen molar-refractivity contribution in [2.45, 2.75) is 27.0 Å². The summed E-state index contributed by atoms with van der Waals surface area (Å²) in [6.07, 6.45) is 1.38. The summed E-state index contributed by atoms with van der Waals surface area (Å²) < 4.78 is 6.47. The van der Waals surface area contributed by atoms with E-state index >= 15 is 0 Å². The first-order valence-corrected chi connectivity index (χ1v) is 8.98. The van der Waals surface area contributed by atoms with Gasteiger partial charge in [-0.25, -0.2) is 4.98 Å². The molecule has 0 aliphatic heterocycles. The third-order valence-electron chi connectivity index (χ3n) is 3.84. The Balaban J connectivity index is 1.73. The van der Waals surface area contributed by atoms with Crippen LogP contribution in [0.4, 0.5) is 0 Å². The van der Waals surface area contributed by atoms with Crippen LogP contribution in [-0.2, 0) is 22.7 Å². The number of thiophene rings is 1. The first kappa shape index (κ1) is 17.9. The summed E-state index contributed by atoms with van der Waals surface area (Å²) >= 11 is 13.2. The van der Waals surface area contributed by atoms with Gasteiger partial charge < -0.3 is 4.74 Å². The van der Waals surface area contributed by atoms with Crippen LogP contribution in [0.3, 0.4) is 0 Å². The van der Waals surface area contributed by atoms with E-state index in [1.165, 1.54) is 22.2 Å². The molecule has 0 radical (unpaired) electrons. The van der Waals surface area contributed by atoms with E-state index in [0.717, 1.165) is 10.4 Å². The highest BCUT2D eigenvalue weighted by Crippen LogP contribution is 2.25. The maximum absolute atomic E-state index is 12.5. The molecule has 2 heterocycles. The second-order valence-electron chi connectivity index (χ2n) is 5.55. The number of carbonyl (C=O) groups excluding carboxylic acids is 1. The predicted molar refractivity (Wildman–Crippen MR) is 99.6 cm³/mol. The molecule has 5 nitrogen and oxygen atoms in total. The van der Waals surface area contributed by atoms with Gasteiger partial charge in [-0.2, -0.15) is 0 Å². The van der Waals surface area contributed by atoms with Crippen LogP contribution < -0.4 is 5.56 Å². The molecule has 2 aromatic heterocycles. The second kappa shape index (κ2) is 7.15. The van der Waals surface area contributed by atoms with E-state index in [1.54, 1.807) is 18.2 Å². The summed E-state index contributed by atoms with van der Waals surface area (Å²) in [7, 11) is 0. The zero-order valence-electron chi connectivity index (χ0n) is 13.5. The van der Waals surface area contributed by atoms with E-state index in [1.807, 2.05) is 13.8 Å². The van der Waals surface area contributed by atoms with Crippen molar-refractivity contribution in [2.24, 2.45) is 0 Å². The van der Waals surface area contributed by atoms with Crippen molar-refractivity contribution < 1.29 is 9.53 Å². The van der Waals surface area contributed by atoms with Gasteiger partial charge in [0.05, 0.1) is 21.8 Å². The normalized spacial score (nSPS) is 11.0. The van der Waals surface area contributed by atoms with Gasteiger partial charge in [0, 0.05) is 4.88 Å². The van der Waals surface area contributed by atoms with E-state index in [2.05, 4.69) is 4.98 Å². The Morgan fingerprint density at radius 3 is 2.76 bits per heavy atom. The molecule has 1 aromatic carbocycles. The maximum atomic E-state index is 12.5. The van der Waals surface area contributed by atoms with Gasteiger partial charge in [0.2, 0.25) is 0 Å². The Morgan fingerprint density at radius 2 is 2.04 bits per heavy atom. The van der Waals surface area contributed by atoms with Crippen LogP contribution >= 0.6 is 34.5 Å². The highest BCUT2D eigenvalue weighted by molar-refractivity contribution is 7.18. The van der Waals surface area contributed by atoms with Gasteiger partial charge in [-0.1, -0.05) is 29.3 Å². The highest BCUT2D eigenvalue weighted by Gasteiger charge is 2.14. The summed E-state index contributed by atoms with van der Waals surface area (Å²) in [5, 5.41) is 1.38. The van der Waals surface area contributed by atoms with Crippen molar-refractivity contribution in [3.05, 3.63) is 60.9 Å². The maximum Gasteiger partial charge on any atom is 0.326 e. The van der Waals surface area contributed by atoms with Gasteiger partial charge in [-0.3, -0.25) is 14.2 Å². The summed E-state index contributed by atoms with van der Waals surface area (Å²) in [4.78, 5) is 30.6. The average molecular weight is 397 g/mol. The zero-order valence-corrected chi connectivity index (χ0v) is 15.8.